The zero-order valence-electron chi connectivity index (χ0n) is 16.0. The van der Waals surface area contributed by atoms with E-state index in [1.807, 2.05) is 13.8 Å². The van der Waals surface area contributed by atoms with Gasteiger partial charge in [-0.1, -0.05) is 50.2 Å². The van der Waals surface area contributed by atoms with E-state index in [1.54, 1.807) is 42.5 Å². The number of aliphatic hydroxyl groups is 1. The molecule has 2 N–H and O–H groups in total. The number of methoxy groups -OCH3 is 1. The molecule has 1 heterocycles. The van der Waals surface area contributed by atoms with E-state index < -0.39 is 17.7 Å². The molecule has 1 fully saturated rings. The number of phenolic OH excluding ortho intramolecular Hbond substituents is 1. The van der Waals surface area contributed by atoms with Gasteiger partial charge < -0.3 is 19.8 Å². The molecule has 0 spiro atoms. The minimum absolute atomic E-state index is 0.0320. The van der Waals surface area contributed by atoms with Crippen molar-refractivity contribution < 1.29 is 24.5 Å². The monoisotopic (exact) mass is 381 g/mol. The lowest BCUT2D eigenvalue weighted by atomic mass is 9.94. The van der Waals surface area contributed by atoms with Crippen LogP contribution in [0.2, 0.25) is 0 Å². The Kier molecular flexibility index (Phi) is 5.40. The van der Waals surface area contributed by atoms with Gasteiger partial charge >= 0.3 is 0 Å². The molecular weight excluding hydrogens is 358 g/mol. The Morgan fingerprint density at radius 2 is 1.82 bits per heavy atom. The molecule has 2 aromatic rings. The Morgan fingerprint density at radius 3 is 2.43 bits per heavy atom. The van der Waals surface area contributed by atoms with Gasteiger partial charge in [0.2, 0.25) is 0 Å². The fourth-order valence-corrected chi connectivity index (χ4v) is 3.42. The second kappa shape index (κ2) is 7.76. The van der Waals surface area contributed by atoms with E-state index in [0.29, 0.717) is 17.7 Å². The van der Waals surface area contributed by atoms with Gasteiger partial charge in [0.25, 0.3) is 11.7 Å². The number of Topliss-reactive ketones (excluding diaryl/α,β-unsaturated/α-hetero) is 1. The Bertz CT molecular complexity index is 933. The van der Waals surface area contributed by atoms with Crippen molar-refractivity contribution in [3.05, 3.63) is 65.2 Å². The molecule has 0 bridgehead atoms. The first kappa shape index (κ1) is 19.5. The third-order valence-corrected chi connectivity index (χ3v) is 4.67. The Morgan fingerprint density at radius 1 is 1.14 bits per heavy atom. The van der Waals surface area contributed by atoms with Gasteiger partial charge in [0.15, 0.2) is 11.5 Å². The van der Waals surface area contributed by atoms with Crippen molar-refractivity contribution in [1.82, 2.24) is 4.90 Å². The number of amides is 1. The molecule has 1 unspecified atom stereocenters. The highest BCUT2D eigenvalue weighted by molar-refractivity contribution is 6.46. The summed E-state index contributed by atoms with van der Waals surface area (Å²) in [4.78, 5) is 27.0. The molecule has 6 nitrogen and oxygen atoms in total. The number of likely N-dealkylation sites (tertiary alicyclic amines) is 1. The summed E-state index contributed by atoms with van der Waals surface area (Å²) in [5.41, 5.74) is 1.07. The molecular formula is C22H23NO5. The summed E-state index contributed by atoms with van der Waals surface area (Å²) in [5.74, 6) is -1.29. The van der Waals surface area contributed by atoms with Crippen LogP contribution in [0.4, 0.5) is 0 Å². The number of nitrogens with zero attached hydrogens (tertiary/aromatic N) is 1. The van der Waals surface area contributed by atoms with E-state index in [0.717, 1.165) is 0 Å². The number of aromatic hydroxyl groups is 1. The van der Waals surface area contributed by atoms with Crippen molar-refractivity contribution in [2.24, 2.45) is 5.92 Å². The van der Waals surface area contributed by atoms with E-state index in [9.17, 15) is 19.8 Å². The van der Waals surface area contributed by atoms with Crippen LogP contribution in [-0.2, 0) is 9.59 Å². The van der Waals surface area contributed by atoms with Gasteiger partial charge in [-0.25, -0.2) is 0 Å². The molecule has 2 aromatic carbocycles. The van der Waals surface area contributed by atoms with Gasteiger partial charge in [-0.3, -0.25) is 9.59 Å². The fraction of sp³-hybridized carbons (Fsp3) is 0.273. The van der Waals surface area contributed by atoms with Gasteiger partial charge in [-0.15, -0.1) is 0 Å². The van der Waals surface area contributed by atoms with Gasteiger partial charge in [0, 0.05) is 12.1 Å². The number of benzene rings is 2. The molecule has 1 aliphatic heterocycles. The maximum atomic E-state index is 12.8. The van der Waals surface area contributed by atoms with Crippen molar-refractivity contribution in [3.63, 3.8) is 0 Å². The summed E-state index contributed by atoms with van der Waals surface area (Å²) in [6.45, 7) is 4.25. The molecule has 0 aliphatic carbocycles. The molecule has 1 saturated heterocycles. The van der Waals surface area contributed by atoms with Crippen LogP contribution in [0.1, 0.15) is 31.0 Å². The molecule has 0 radical (unpaired) electrons. The number of hydrogen-bond donors (Lipinski definition) is 2. The smallest absolute Gasteiger partial charge is 0.295 e. The molecule has 146 valence electrons. The van der Waals surface area contributed by atoms with Crippen LogP contribution in [0.15, 0.2) is 54.1 Å². The highest BCUT2D eigenvalue weighted by Crippen LogP contribution is 2.41. The van der Waals surface area contributed by atoms with Crippen molar-refractivity contribution in [1.29, 1.82) is 0 Å². The Hall–Kier alpha value is -3.28. The topological polar surface area (TPSA) is 87.1 Å². The van der Waals surface area contributed by atoms with Gasteiger partial charge in [-0.2, -0.15) is 0 Å². The molecule has 0 aromatic heterocycles. The molecule has 0 saturated carbocycles. The number of hydrogen-bond acceptors (Lipinski definition) is 5. The standard InChI is InChI=1S/C22H23NO5/c1-13(2)12-23-19(15-9-10-16(24)17(11-15)28-3)18(21(26)22(23)27)20(25)14-7-5-4-6-8-14/h4-11,13,19,24-25H,12H2,1-3H3/b20-18-. The van der Waals surface area contributed by atoms with Crippen LogP contribution < -0.4 is 4.74 Å². The van der Waals surface area contributed by atoms with Crippen molar-refractivity contribution in [3.8, 4) is 11.5 Å². The predicted octanol–water partition coefficient (Wildman–Crippen LogP) is 3.48. The maximum Gasteiger partial charge on any atom is 0.295 e. The van der Waals surface area contributed by atoms with Gasteiger partial charge in [-0.05, 0) is 23.6 Å². The zero-order valence-corrected chi connectivity index (χ0v) is 16.0. The second-order valence-electron chi connectivity index (χ2n) is 7.14. The van der Waals surface area contributed by atoms with Crippen LogP contribution in [0.5, 0.6) is 11.5 Å². The second-order valence-corrected chi connectivity index (χ2v) is 7.14. The highest BCUT2D eigenvalue weighted by atomic mass is 16.5. The largest absolute Gasteiger partial charge is 0.507 e. The molecule has 28 heavy (non-hydrogen) atoms. The minimum atomic E-state index is -0.767. The number of ether oxygens (including phenoxy) is 1. The third-order valence-electron chi connectivity index (χ3n) is 4.67. The van der Waals surface area contributed by atoms with Crippen LogP contribution in [-0.4, -0.2) is 40.5 Å². The van der Waals surface area contributed by atoms with Gasteiger partial charge in [0.05, 0.1) is 18.7 Å². The molecule has 6 heteroatoms. The summed E-state index contributed by atoms with van der Waals surface area (Å²) in [5, 5.41) is 20.8. The summed E-state index contributed by atoms with van der Waals surface area (Å²) >= 11 is 0. The summed E-state index contributed by atoms with van der Waals surface area (Å²) < 4.78 is 5.18. The lowest BCUT2D eigenvalue weighted by molar-refractivity contribution is -0.140. The van der Waals surface area contributed by atoms with E-state index in [1.165, 1.54) is 18.1 Å². The number of ketones is 1. The average Bonchev–Trinajstić information content (AvgIpc) is 2.93. The van der Waals surface area contributed by atoms with Gasteiger partial charge in [0.1, 0.15) is 5.76 Å². The Balaban J connectivity index is 2.21. The molecule has 1 aliphatic rings. The number of phenols is 1. The molecule has 3 rings (SSSR count). The summed E-state index contributed by atoms with van der Waals surface area (Å²) in [7, 11) is 1.42. The van der Waals surface area contributed by atoms with E-state index in [2.05, 4.69) is 0 Å². The number of carbonyl (C=O) groups excluding carboxylic acids is 2. The molecule has 1 atom stereocenters. The number of rotatable bonds is 5. The van der Waals surface area contributed by atoms with E-state index in [-0.39, 0.29) is 28.7 Å². The van der Waals surface area contributed by atoms with Crippen molar-refractivity contribution in [2.75, 3.05) is 13.7 Å². The fourth-order valence-electron chi connectivity index (χ4n) is 3.42. The molecule has 1 amide bonds. The number of aliphatic hydroxyl groups excluding tert-OH is 1. The Labute approximate surface area is 163 Å². The lowest BCUT2D eigenvalue weighted by Crippen LogP contribution is -2.33. The maximum absolute atomic E-state index is 12.8. The first-order valence-corrected chi connectivity index (χ1v) is 9.05. The lowest BCUT2D eigenvalue weighted by Gasteiger charge is -2.27. The van der Waals surface area contributed by atoms with Crippen LogP contribution in [0.25, 0.3) is 5.76 Å². The van der Waals surface area contributed by atoms with Crippen LogP contribution in [0, 0.1) is 5.92 Å². The van der Waals surface area contributed by atoms with Crippen molar-refractivity contribution in [2.45, 2.75) is 19.9 Å². The summed E-state index contributed by atoms with van der Waals surface area (Å²) in [6.07, 6.45) is 0. The minimum Gasteiger partial charge on any atom is -0.507 e. The first-order valence-electron chi connectivity index (χ1n) is 9.05. The highest BCUT2D eigenvalue weighted by Gasteiger charge is 2.46. The predicted molar refractivity (Wildman–Crippen MR) is 105 cm³/mol. The number of carbonyl (C=O) groups is 2. The van der Waals surface area contributed by atoms with E-state index in [4.69, 9.17) is 4.74 Å². The van der Waals surface area contributed by atoms with Crippen molar-refractivity contribution >= 4 is 17.4 Å². The van der Waals surface area contributed by atoms with Crippen LogP contribution in [0.3, 0.4) is 0 Å². The average molecular weight is 381 g/mol. The SMILES string of the molecule is COc1cc(C2/C(=C(/O)c3ccccc3)C(=O)C(=O)N2CC(C)C)ccc1O. The quantitative estimate of drug-likeness (QED) is 0.470. The van der Waals surface area contributed by atoms with E-state index >= 15 is 0 Å². The third kappa shape index (κ3) is 3.45. The summed E-state index contributed by atoms with van der Waals surface area (Å²) in [6, 6.07) is 12.5. The normalized spacial score (nSPS) is 18.7. The zero-order chi connectivity index (χ0) is 20.4. The van der Waals surface area contributed by atoms with Crippen LogP contribution >= 0.6 is 0 Å². The first-order chi connectivity index (χ1) is 13.3.